The molecule has 1 aromatic heterocycles. The number of aromatic nitrogens is 2. The van der Waals surface area contributed by atoms with Crippen LogP contribution < -0.4 is 15.1 Å². The third kappa shape index (κ3) is 6.79. The molecule has 0 amide bonds. The van der Waals surface area contributed by atoms with Crippen LogP contribution in [0.1, 0.15) is 77.8 Å². The third-order valence-electron chi connectivity index (χ3n) is 9.60. The quantitative estimate of drug-likeness (QED) is 0.277. The molecule has 2 aliphatic heterocycles. The van der Waals surface area contributed by atoms with Crippen molar-refractivity contribution in [3.8, 4) is 0 Å². The van der Waals surface area contributed by atoms with Gasteiger partial charge in [-0.15, -0.1) is 0 Å². The largest absolute Gasteiger partial charge is 0.370 e. The molecule has 1 N–H and O–H groups in total. The maximum atomic E-state index is 14.3. The number of rotatable bonds is 10. The lowest BCUT2D eigenvalue weighted by Gasteiger charge is -2.33. The van der Waals surface area contributed by atoms with Crippen molar-refractivity contribution < 1.29 is 8.78 Å². The van der Waals surface area contributed by atoms with E-state index < -0.39 is 11.7 Å². The molecule has 4 atom stereocenters. The van der Waals surface area contributed by atoms with Crippen molar-refractivity contribution in [1.29, 1.82) is 0 Å². The molecule has 1 aromatic carbocycles. The van der Waals surface area contributed by atoms with E-state index in [0.29, 0.717) is 17.8 Å². The highest BCUT2D eigenvalue weighted by Gasteiger charge is 2.55. The summed E-state index contributed by atoms with van der Waals surface area (Å²) in [5, 5.41) is 3.67. The van der Waals surface area contributed by atoms with Gasteiger partial charge in [-0.05, 0) is 85.1 Å². The molecule has 42 heavy (non-hydrogen) atoms. The molecular weight excluding hydrogens is 548 g/mol. The molecule has 228 valence electrons. The molecule has 3 fully saturated rings. The van der Waals surface area contributed by atoms with Gasteiger partial charge in [-0.3, -0.25) is 0 Å². The smallest absolute Gasteiger partial charge is 0.135 e. The summed E-state index contributed by atoms with van der Waals surface area (Å²) in [7, 11) is 0. The Labute approximate surface area is 255 Å². The van der Waals surface area contributed by atoms with Gasteiger partial charge in [0.2, 0.25) is 0 Å². The summed E-state index contributed by atoms with van der Waals surface area (Å²) in [5.74, 6) is 4.35. The number of anilines is 4. The van der Waals surface area contributed by atoms with Crippen molar-refractivity contribution in [2.45, 2.75) is 79.2 Å². The standard InChI is InChI=1S/C34H47F2N5S/c1-7-25-16-31(40-11-13-42-14-12-40)27(24(5)22(2)3)17-29(25)39-32-18-33(38-21-37-32)41-10-8-9-30(41)28-20-34(28,6)19-26(36)15-23(4)35/h15-19,21-22,24,28,30H,7-14,20H2,1-6H3,(H,37,38,39)/b23-15+,26-19+/t24-,28+,30+,34+/m0/s1. The predicted octanol–water partition coefficient (Wildman–Crippen LogP) is 8.82. The number of halogens is 2. The molecule has 0 spiro atoms. The van der Waals surface area contributed by atoms with Crippen LogP contribution in [0.15, 0.2) is 48.3 Å². The minimum absolute atomic E-state index is 0.258. The van der Waals surface area contributed by atoms with Crippen LogP contribution in [0.3, 0.4) is 0 Å². The number of benzene rings is 1. The first kappa shape index (κ1) is 30.8. The van der Waals surface area contributed by atoms with Crippen LogP contribution >= 0.6 is 11.8 Å². The fourth-order valence-electron chi connectivity index (χ4n) is 6.77. The van der Waals surface area contributed by atoms with Crippen LogP contribution in [0.25, 0.3) is 0 Å². The van der Waals surface area contributed by atoms with Crippen LogP contribution in [-0.4, -0.2) is 47.1 Å². The normalized spacial score (nSPS) is 25.7. The molecule has 5 nitrogen and oxygen atoms in total. The molecule has 0 bridgehead atoms. The van der Waals surface area contributed by atoms with E-state index in [9.17, 15) is 8.78 Å². The Kier molecular flexibility index (Phi) is 9.50. The highest BCUT2D eigenvalue weighted by Crippen LogP contribution is 2.59. The van der Waals surface area contributed by atoms with E-state index in [0.717, 1.165) is 68.7 Å². The highest BCUT2D eigenvalue weighted by atomic mass is 32.2. The summed E-state index contributed by atoms with van der Waals surface area (Å²) >= 11 is 2.04. The van der Waals surface area contributed by atoms with Crippen molar-refractivity contribution in [3.63, 3.8) is 0 Å². The minimum Gasteiger partial charge on any atom is -0.370 e. The van der Waals surface area contributed by atoms with Gasteiger partial charge in [0.15, 0.2) is 0 Å². The number of nitrogens with one attached hydrogen (secondary N) is 1. The lowest BCUT2D eigenvalue weighted by molar-refractivity contribution is 0.499. The average molecular weight is 596 g/mol. The van der Waals surface area contributed by atoms with E-state index in [1.54, 1.807) is 12.4 Å². The maximum absolute atomic E-state index is 14.3. The zero-order valence-corrected chi connectivity index (χ0v) is 26.9. The third-order valence-corrected chi connectivity index (χ3v) is 10.5. The van der Waals surface area contributed by atoms with E-state index in [4.69, 9.17) is 0 Å². The van der Waals surface area contributed by atoms with Crippen molar-refractivity contribution in [1.82, 2.24) is 9.97 Å². The second-order valence-corrected chi connectivity index (χ2v) is 14.1. The summed E-state index contributed by atoms with van der Waals surface area (Å²) in [4.78, 5) is 14.2. The SMILES string of the molecule is CCc1cc(N2CCSCC2)c([C@@H](C)C(C)C)cc1Nc1cc(N2CCC[C@@H]2[C@H]2C[C@@]2(C)/C=C(F)\C=C(/C)F)ncn1. The molecule has 1 saturated carbocycles. The molecule has 8 heteroatoms. The van der Waals surface area contributed by atoms with Gasteiger partial charge in [-0.25, -0.2) is 18.7 Å². The molecule has 1 aliphatic carbocycles. The molecule has 3 aliphatic rings. The number of thioether (sulfide) groups is 1. The number of aryl methyl sites for hydroxylation is 1. The van der Waals surface area contributed by atoms with E-state index in [2.05, 4.69) is 77.9 Å². The number of nitrogens with zero attached hydrogens (tertiary/aromatic N) is 4. The van der Waals surface area contributed by atoms with Gasteiger partial charge in [-0.1, -0.05) is 34.6 Å². The van der Waals surface area contributed by atoms with Gasteiger partial charge in [0, 0.05) is 60.7 Å². The molecule has 0 radical (unpaired) electrons. The van der Waals surface area contributed by atoms with Crippen molar-refractivity contribution in [2.75, 3.05) is 46.3 Å². The Hall–Kier alpha value is -2.61. The number of hydrogen-bond acceptors (Lipinski definition) is 6. The van der Waals surface area contributed by atoms with Gasteiger partial charge >= 0.3 is 0 Å². The first-order chi connectivity index (χ1) is 20.1. The van der Waals surface area contributed by atoms with Gasteiger partial charge in [0.25, 0.3) is 0 Å². The topological polar surface area (TPSA) is 44.3 Å². The Morgan fingerprint density at radius 2 is 1.90 bits per heavy atom. The average Bonchev–Trinajstić information content (AvgIpc) is 3.37. The van der Waals surface area contributed by atoms with E-state index in [1.165, 1.54) is 35.2 Å². The first-order valence-corrected chi connectivity index (χ1v) is 16.8. The molecule has 2 saturated heterocycles. The Balaban J connectivity index is 1.39. The minimum atomic E-state index is -0.509. The summed E-state index contributed by atoms with van der Waals surface area (Å²) in [5.41, 5.74) is 4.94. The van der Waals surface area contributed by atoms with Crippen LogP contribution in [0.5, 0.6) is 0 Å². The van der Waals surface area contributed by atoms with Gasteiger partial charge in [0.1, 0.15) is 23.8 Å². The number of hydrogen-bond donors (Lipinski definition) is 1. The lowest BCUT2D eigenvalue weighted by atomic mass is 9.87. The fourth-order valence-corrected chi connectivity index (χ4v) is 7.67. The summed E-state index contributed by atoms with van der Waals surface area (Å²) in [6, 6.07) is 7.12. The van der Waals surface area contributed by atoms with E-state index >= 15 is 0 Å². The predicted molar refractivity (Wildman–Crippen MR) is 175 cm³/mol. The van der Waals surface area contributed by atoms with Gasteiger partial charge in [0.05, 0.1) is 5.83 Å². The van der Waals surface area contributed by atoms with E-state index in [-0.39, 0.29) is 11.5 Å². The second kappa shape index (κ2) is 12.9. The van der Waals surface area contributed by atoms with E-state index in [1.807, 2.05) is 11.8 Å². The first-order valence-electron chi connectivity index (χ1n) is 15.7. The van der Waals surface area contributed by atoms with Gasteiger partial charge in [-0.2, -0.15) is 11.8 Å². The fraction of sp³-hybridized carbons (Fsp3) is 0.588. The lowest BCUT2D eigenvalue weighted by Crippen LogP contribution is -2.33. The van der Waals surface area contributed by atoms with Crippen molar-refractivity contribution in [2.24, 2.45) is 17.3 Å². The van der Waals surface area contributed by atoms with Crippen LogP contribution in [-0.2, 0) is 6.42 Å². The monoisotopic (exact) mass is 595 g/mol. The molecule has 0 unspecified atom stereocenters. The summed E-state index contributed by atoms with van der Waals surface area (Å²) in [6.07, 6.45) is 8.19. The zero-order chi connectivity index (χ0) is 30.0. The Morgan fingerprint density at radius 1 is 1.14 bits per heavy atom. The summed E-state index contributed by atoms with van der Waals surface area (Å²) in [6.45, 7) is 15.6. The summed E-state index contributed by atoms with van der Waals surface area (Å²) < 4.78 is 27.6. The van der Waals surface area contributed by atoms with Crippen LogP contribution in [0.2, 0.25) is 0 Å². The molecule has 3 heterocycles. The number of allylic oxidation sites excluding steroid dienone is 4. The van der Waals surface area contributed by atoms with Crippen molar-refractivity contribution >= 4 is 34.8 Å². The molecule has 5 rings (SSSR count). The Morgan fingerprint density at radius 3 is 2.60 bits per heavy atom. The van der Waals surface area contributed by atoms with Gasteiger partial charge < -0.3 is 15.1 Å². The maximum Gasteiger partial charge on any atom is 0.135 e. The van der Waals surface area contributed by atoms with Crippen LogP contribution in [0.4, 0.5) is 31.8 Å². The Bertz CT molecular complexity index is 1320. The second-order valence-electron chi connectivity index (χ2n) is 12.9. The molecule has 2 aromatic rings. The van der Waals surface area contributed by atoms with Crippen LogP contribution in [0, 0.1) is 17.3 Å². The zero-order valence-electron chi connectivity index (χ0n) is 26.1. The van der Waals surface area contributed by atoms with Crippen molar-refractivity contribution in [3.05, 3.63) is 59.5 Å². The molecular formula is C34H47F2N5S. The highest BCUT2D eigenvalue weighted by molar-refractivity contribution is 7.99.